The molecule has 0 aliphatic rings. The summed E-state index contributed by atoms with van der Waals surface area (Å²) in [5.41, 5.74) is -0.253. The molecule has 5 amide bonds. The minimum Gasteiger partial charge on any atom is -0.493 e. The molecule has 17 nitrogen and oxygen atoms in total. The van der Waals surface area contributed by atoms with Gasteiger partial charge in [-0.15, -0.1) is 0 Å². The molecule has 0 spiro atoms. The quantitative estimate of drug-likeness (QED) is 0.0466. The van der Waals surface area contributed by atoms with E-state index in [1.165, 1.54) is 30.3 Å². The Morgan fingerprint density at radius 1 is 0.962 bits per heavy atom. The molecule has 1 aromatic carbocycles. The Balaban J connectivity index is 2.15. The number of unbranched alkanes of at least 4 members (excludes halogenated alkanes) is 2. The molecule has 1 aromatic heterocycles. The van der Waals surface area contributed by atoms with Crippen LogP contribution in [-0.2, 0) is 24.0 Å². The van der Waals surface area contributed by atoms with E-state index in [0.717, 1.165) is 17.9 Å². The average molecular weight is 732 g/mol. The highest BCUT2D eigenvalue weighted by Gasteiger charge is 2.34. The SMILES string of the molecule is CCCCC[C@@H](C(=O)NCNC(=O)c1ccc(-c2ccc(C(=O)N[C@@H](CC(=O)O)C(=O)O)c(OCC)c2)o1)[C@@H](CC)N(C=O)OC(=O)NC(C)(C)C. The highest BCUT2D eigenvalue weighted by molar-refractivity contribution is 6.00. The topological polar surface area (TPSA) is 243 Å². The maximum absolute atomic E-state index is 13.4. The van der Waals surface area contributed by atoms with Gasteiger partial charge in [0.15, 0.2) is 5.76 Å². The fourth-order valence-corrected chi connectivity index (χ4v) is 5.14. The predicted octanol–water partition coefficient (Wildman–Crippen LogP) is 3.68. The highest BCUT2D eigenvalue weighted by atomic mass is 16.7. The summed E-state index contributed by atoms with van der Waals surface area (Å²) in [7, 11) is 0. The van der Waals surface area contributed by atoms with E-state index in [4.69, 9.17) is 19.1 Å². The van der Waals surface area contributed by atoms with Gasteiger partial charge in [-0.05, 0) is 64.8 Å². The molecule has 1 heterocycles. The number of furan rings is 1. The van der Waals surface area contributed by atoms with E-state index in [9.17, 15) is 38.7 Å². The first-order chi connectivity index (χ1) is 24.5. The number of amides is 5. The fraction of sp³-hybridized carbons (Fsp3) is 0.514. The summed E-state index contributed by atoms with van der Waals surface area (Å²) in [6, 6.07) is 4.75. The van der Waals surface area contributed by atoms with E-state index in [1.807, 2.05) is 6.92 Å². The molecule has 0 aliphatic carbocycles. The number of carbonyl (C=O) groups is 7. The van der Waals surface area contributed by atoms with E-state index in [0.29, 0.717) is 31.2 Å². The van der Waals surface area contributed by atoms with Gasteiger partial charge >= 0.3 is 18.0 Å². The second kappa shape index (κ2) is 20.3. The maximum Gasteiger partial charge on any atom is 0.432 e. The summed E-state index contributed by atoms with van der Waals surface area (Å²) < 4.78 is 11.3. The Kier molecular flexibility index (Phi) is 16.6. The summed E-state index contributed by atoms with van der Waals surface area (Å²) in [6.07, 6.45) is 1.81. The van der Waals surface area contributed by atoms with Gasteiger partial charge in [0.2, 0.25) is 12.3 Å². The molecular weight excluding hydrogens is 682 g/mol. The first-order valence-electron chi connectivity index (χ1n) is 17.0. The van der Waals surface area contributed by atoms with E-state index >= 15 is 0 Å². The number of nitrogens with one attached hydrogen (secondary N) is 4. The molecule has 286 valence electrons. The van der Waals surface area contributed by atoms with Crippen molar-refractivity contribution in [3.8, 4) is 17.1 Å². The first-order valence-corrected chi connectivity index (χ1v) is 17.0. The molecule has 0 unspecified atom stereocenters. The summed E-state index contributed by atoms with van der Waals surface area (Å²) in [5, 5.41) is 29.1. The normalized spacial score (nSPS) is 12.7. The largest absolute Gasteiger partial charge is 0.493 e. The predicted molar refractivity (Wildman–Crippen MR) is 186 cm³/mol. The van der Waals surface area contributed by atoms with Crippen molar-refractivity contribution in [1.29, 1.82) is 0 Å². The van der Waals surface area contributed by atoms with Crippen LogP contribution in [0, 0.1) is 5.92 Å². The van der Waals surface area contributed by atoms with Crippen molar-refractivity contribution in [2.24, 2.45) is 5.92 Å². The van der Waals surface area contributed by atoms with Crippen molar-refractivity contribution in [2.45, 2.75) is 97.7 Å². The molecule has 0 radical (unpaired) electrons. The molecule has 0 aliphatic heterocycles. The zero-order valence-corrected chi connectivity index (χ0v) is 30.3. The molecule has 6 N–H and O–H groups in total. The van der Waals surface area contributed by atoms with Crippen LogP contribution in [0.3, 0.4) is 0 Å². The van der Waals surface area contributed by atoms with Crippen LogP contribution < -0.4 is 26.0 Å². The van der Waals surface area contributed by atoms with E-state index in [-0.39, 0.29) is 36.1 Å². The Labute approximate surface area is 301 Å². The summed E-state index contributed by atoms with van der Waals surface area (Å²) >= 11 is 0. The molecule has 3 atom stereocenters. The summed E-state index contributed by atoms with van der Waals surface area (Å²) in [6.45, 7) is 10.6. The molecule has 17 heteroatoms. The van der Waals surface area contributed by atoms with Crippen molar-refractivity contribution >= 4 is 42.2 Å². The van der Waals surface area contributed by atoms with Crippen LogP contribution in [0.1, 0.15) is 101 Å². The Hall–Kier alpha value is -5.61. The Morgan fingerprint density at radius 3 is 2.25 bits per heavy atom. The number of ether oxygens (including phenoxy) is 1. The van der Waals surface area contributed by atoms with E-state index < -0.39 is 65.7 Å². The lowest BCUT2D eigenvalue weighted by Gasteiger charge is -2.32. The van der Waals surface area contributed by atoms with Crippen molar-refractivity contribution in [3.63, 3.8) is 0 Å². The smallest absolute Gasteiger partial charge is 0.432 e. The minimum absolute atomic E-state index is 0.0446. The van der Waals surface area contributed by atoms with Crippen molar-refractivity contribution in [2.75, 3.05) is 13.3 Å². The number of hydrogen-bond donors (Lipinski definition) is 6. The number of aliphatic carboxylic acids is 2. The second-order valence-electron chi connectivity index (χ2n) is 12.8. The van der Waals surface area contributed by atoms with Crippen LogP contribution in [0.25, 0.3) is 11.3 Å². The second-order valence-corrected chi connectivity index (χ2v) is 12.8. The van der Waals surface area contributed by atoms with Crippen LogP contribution in [0.4, 0.5) is 4.79 Å². The Morgan fingerprint density at radius 2 is 1.67 bits per heavy atom. The van der Waals surface area contributed by atoms with Crippen molar-refractivity contribution < 1.29 is 57.8 Å². The number of rotatable bonds is 21. The van der Waals surface area contributed by atoms with Crippen LogP contribution >= 0.6 is 0 Å². The Bertz CT molecular complexity index is 1570. The van der Waals surface area contributed by atoms with Crippen LogP contribution in [0.5, 0.6) is 5.75 Å². The molecule has 0 bridgehead atoms. The minimum atomic E-state index is -1.67. The molecule has 2 aromatic rings. The van der Waals surface area contributed by atoms with Crippen LogP contribution in [0.2, 0.25) is 0 Å². The average Bonchev–Trinajstić information content (AvgIpc) is 3.56. The number of carboxylic acid groups (broad SMARTS) is 2. The number of carboxylic acids is 2. The molecule has 52 heavy (non-hydrogen) atoms. The third-order valence-electron chi connectivity index (χ3n) is 7.57. The van der Waals surface area contributed by atoms with Gasteiger partial charge < -0.3 is 45.5 Å². The zero-order valence-electron chi connectivity index (χ0n) is 30.3. The first kappa shape index (κ1) is 42.6. The van der Waals surface area contributed by atoms with E-state index in [1.54, 1.807) is 34.6 Å². The number of benzene rings is 1. The van der Waals surface area contributed by atoms with Crippen LogP contribution in [-0.4, -0.2) is 88.3 Å². The maximum atomic E-state index is 13.4. The van der Waals surface area contributed by atoms with Gasteiger partial charge in [-0.2, -0.15) is 5.06 Å². The lowest BCUT2D eigenvalue weighted by Crippen LogP contribution is -2.51. The van der Waals surface area contributed by atoms with Gasteiger partial charge in [0.05, 0.1) is 37.2 Å². The number of hydrogen-bond acceptors (Lipinski definition) is 10. The third-order valence-corrected chi connectivity index (χ3v) is 7.57. The van der Waals surface area contributed by atoms with Crippen molar-refractivity contribution in [3.05, 3.63) is 41.7 Å². The third kappa shape index (κ3) is 13.3. The zero-order chi connectivity index (χ0) is 39.0. The highest BCUT2D eigenvalue weighted by Crippen LogP contribution is 2.29. The number of nitrogens with zero attached hydrogens (tertiary/aromatic N) is 1. The van der Waals surface area contributed by atoms with E-state index in [2.05, 4.69) is 21.3 Å². The number of hydroxylamine groups is 2. The lowest BCUT2D eigenvalue weighted by atomic mass is 9.90. The standard InChI is InChI=1S/C35H49N5O12/c1-7-10-11-12-22(25(8-2)40(20-41)52-34(49)39-35(4,5)6)30(44)36-19-37-32(46)27-16-15-26(51-27)21-13-14-23(28(17-21)50-9-3)31(45)38-24(33(47)48)18-29(42)43/h13-17,20,22,24-25H,7-12,18-19H2,1-6H3,(H,36,44)(H,37,46)(H,38,45)(H,39,49)(H,42,43)(H,47,48)/t22-,24+,25-/m1/s1. The monoisotopic (exact) mass is 731 g/mol. The van der Waals surface area contributed by atoms with Gasteiger partial charge in [0.1, 0.15) is 17.6 Å². The molecule has 0 saturated carbocycles. The van der Waals surface area contributed by atoms with Gasteiger partial charge in [-0.25, -0.2) is 9.59 Å². The molecule has 0 saturated heterocycles. The van der Waals surface area contributed by atoms with Gasteiger partial charge in [0, 0.05) is 11.1 Å². The van der Waals surface area contributed by atoms with Crippen LogP contribution in [0.15, 0.2) is 34.7 Å². The molecule has 0 fully saturated rings. The molecular formula is C35H49N5O12. The van der Waals surface area contributed by atoms with Gasteiger partial charge in [-0.3, -0.25) is 24.0 Å². The summed E-state index contributed by atoms with van der Waals surface area (Å²) in [4.78, 5) is 91.3. The molecule has 2 rings (SSSR count). The fourth-order valence-electron chi connectivity index (χ4n) is 5.14. The number of carbonyl (C=O) groups excluding carboxylic acids is 5. The van der Waals surface area contributed by atoms with Gasteiger partial charge in [-0.1, -0.05) is 39.2 Å². The lowest BCUT2D eigenvalue weighted by molar-refractivity contribution is -0.169. The summed E-state index contributed by atoms with van der Waals surface area (Å²) in [5.74, 6) is -5.46. The van der Waals surface area contributed by atoms with Gasteiger partial charge in [0.25, 0.3) is 11.8 Å². The van der Waals surface area contributed by atoms with Crippen molar-refractivity contribution in [1.82, 2.24) is 26.3 Å².